The molecule has 104 valence electrons. The summed E-state index contributed by atoms with van der Waals surface area (Å²) in [6, 6.07) is 2.51. The van der Waals surface area contributed by atoms with E-state index in [1.165, 1.54) is 13.2 Å². The average Bonchev–Trinajstić information content (AvgIpc) is 2.36. The molecule has 1 rings (SSSR count). The van der Waals surface area contributed by atoms with Crippen LogP contribution in [0.4, 0.5) is 11.4 Å². The molecule has 0 fully saturated rings. The van der Waals surface area contributed by atoms with Gasteiger partial charge >= 0.3 is 5.97 Å². The lowest BCUT2D eigenvalue weighted by Crippen LogP contribution is -2.30. The number of benzene rings is 1. The van der Waals surface area contributed by atoms with Crippen molar-refractivity contribution in [3.63, 3.8) is 0 Å². The van der Waals surface area contributed by atoms with Crippen molar-refractivity contribution in [2.24, 2.45) is 0 Å². The molecule has 1 aromatic carbocycles. The van der Waals surface area contributed by atoms with Gasteiger partial charge in [0, 0.05) is 16.1 Å². The molecular formula is C12H15BrN2O4. The van der Waals surface area contributed by atoms with Crippen LogP contribution in [0.5, 0.6) is 0 Å². The number of anilines is 1. The summed E-state index contributed by atoms with van der Waals surface area (Å²) in [6.45, 7) is 3.48. The van der Waals surface area contributed by atoms with Crippen molar-refractivity contribution in [1.29, 1.82) is 0 Å². The van der Waals surface area contributed by atoms with Crippen LogP contribution in [0.15, 0.2) is 16.6 Å². The molecule has 0 aliphatic heterocycles. The fourth-order valence-electron chi connectivity index (χ4n) is 1.63. The Morgan fingerprint density at radius 3 is 2.68 bits per heavy atom. The number of methoxy groups -OCH3 is 1. The fraction of sp³-hybridized carbons (Fsp3) is 0.417. The van der Waals surface area contributed by atoms with E-state index in [0.29, 0.717) is 22.1 Å². The maximum atomic E-state index is 11.5. The molecule has 0 radical (unpaired) electrons. The molecular weight excluding hydrogens is 316 g/mol. The van der Waals surface area contributed by atoms with Crippen molar-refractivity contribution >= 4 is 33.3 Å². The van der Waals surface area contributed by atoms with Gasteiger partial charge in [-0.1, -0.05) is 6.92 Å². The van der Waals surface area contributed by atoms with Gasteiger partial charge in [-0.3, -0.25) is 10.1 Å². The van der Waals surface area contributed by atoms with Crippen LogP contribution in [-0.4, -0.2) is 24.0 Å². The van der Waals surface area contributed by atoms with Crippen molar-refractivity contribution in [3.8, 4) is 0 Å². The molecule has 0 heterocycles. The summed E-state index contributed by atoms with van der Waals surface area (Å²) in [5.41, 5.74) is 1.05. The van der Waals surface area contributed by atoms with Gasteiger partial charge in [0.15, 0.2) is 0 Å². The number of hydrogen-bond acceptors (Lipinski definition) is 5. The van der Waals surface area contributed by atoms with E-state index in [1.807, 2.05) is 6.92 Å². The molecule has 6 nitrogen and oxygen atoms in total. The molecule has 0 saturated carbocycles. The molecule has 1 atom stereocenters. The number of nitrogens with one attached hydrogen (secondary N) is 1. The second-order valence-corrected chi connectivity index (χ2v) is 4.86. The Balaban J connectivity index is 3.10. The van der Waals surface area contributed by atoms with Crippen LogP contribution in [-0.2, 0) is 9.53 Å². The van der Waals surface area contributed by atoms with Gasteiger partial charge in [-0.25, -0.2) is 4.79 Å². The Hall–Kier alpha value is -1.63. The smallest absolute Gasteiger partial charge is 0.328 e. The number of halogens is 1. The number of rotatable bonds is 5. The van der Waals surface area contributed by atoms with Crippen molar-refractivity contribution < 1.29 is 14.5 Å². The minimum Gasteiger partial charge on any atom is -0.467 e. The van der Waals surface area contributed by atoms with E-state index in [9.17, 15) is 14.9 Å². The van der Waals surface area contributed by atoms with E-state index in [4.69, 9.17) is 0 Å². The van der Waals surface area contributed by atoms with E-state index in [-0.39, 0.29) is 5.69 Å². The molecule has 19 heavy (non-hydrogen) atoms. The molecule has 0 amide bonds. The van der Waals surface area contributed by atoms with Crippen molar-refractivity contribution in [2.75, 3.05) is 12.4 Å². The Morgan fingerprint density at radius 1 is 1.58 bits per heavy atom. The normalized spacial score (nSPS) is 11.8. The number of esters is 1. The first-order valence-electron chi connectivity index (χ1n) is 5.69. The number of nitrogens with zero attached hydrogens (tertiary/aromatic N) is 1. The number of carbonyl (C=O) groups excluding carboxylic acids is 1. The Morgan fingerprint density at radius 2 is 2.21 bits per heavy atom. The summed E-state index contributed by atoms with van der Waals surface area (Å²) in [4.78, 5) is 22.0. The average molecular weight is 331 g/mol. The van der Waals surface area contributed by atoms with Crippen molar-refractivity contribution in [2.45, 2.75) is 26.3 Å². The SMILES string of the molecule is CCC(Nc1cc([N+](=O)[O-])c(C)cc1Br)C(=O)OC. The van der Waals surface area contributed by atoms with Gasteiger partial charge in [0.25, 0.3) is 5.69 Å². The highest BCUT2D eigenvalue weighted by atomic mass is 79.9. The maximum Gasteiger partial charge on any atom is 0.328 e. The van der Waals surface area contributed by atoms with Crippen LogP contribution in [0.2, 0.25) is 0 Å². The predicted molar refractivity (Wildman–Crippen MR) is 75.3 cm³/mol. The largest absolute Gasteiger partial charge is 0.467 e. The lowest BCUT2D eigenvalue weighted by molar-refractivity contribution is -0.385. The number of ether oxygens (including phenoxy) is 1. The zero-order valence-corrected chi connectivity index (χ0v) is 12.5. The Labute approximate surface area is 119 Å². The van der Waals surface area contributed by atoms with Crippen molar-refractivity contribution in [1.82, 2.24) is 0 Å². The third kappa shape index (κ3) is 3.66. The van der Waals surface area contributed by atoms with Gasteiger partial charge < -0.3 is 10.1 Å². The quantitative estimate of drug-likeness (QED) is 0.509. The third-order valence-electron chi connectivity index (χ3n) is 2.71. The number of nitro groups is 1. The van der Waals surface area contributed by atoms with Crippen LogP contribution >= 0.6 is 15.9 Å². The maximum absolute atomic E-state index is 11.5. The molecule has 0 bridgehead atoms. The Kier molecular flexibility index (Phi) is 5.29. The number of aryl methyl sites for hydroxylation is 1. The highest BCUT2D eigenvalue weighted by Crippen LogP contribution is 2.31. The zero-order valence-electron chi connectivity index (χ0n) is 10.9. The first kappa shape index (κ1) is 15.4. The summed E-state index contributed by atoms with van der Waals surface area (Å²) >= 11 is 3.32. The first-order valence-corrected chi connectivity index (χ1v) is 6.48. The molecule has 1 N–H and O–H groups in total. The minimum absolute atomic E-state index is 0.00502. The lowest BCUT2D eigenvalue weighted by atomic mass is 10.1. The standard InChI is InChI=1S/C12H15BrN2O4/c1-4-9(12(16)19-3)14-10-6-11(15(17)18)7(2)5-8(10)13/h5-6,9,14H,4H2,1-3H3. The van der Waals surface area contributed by atoms with Gasteiger partial charge in [-0.15, -0.1) is 0 Å². The highest BCUT2D eigenvalue weighted by molar-refractivity contribution is 9.10. The van der Waals surface area contributed by atoms with Crippen LogP contribution in [0.25, 0.3) is 0 Å². The molecule has 0 saturated heterocycles. The third-order valence-corrected chi connectivity index (χ3v) is 3.36. The monoisotopic (exact) mass is 330 g/mol. The van der Waals surface area contributed by atoms with Crippen LogP contribution < -0.4 is 5.32 Å². The van der Waals surface area contributed by atoms with E-state index < -0.39 is 16.9 Å². The van der Waals surface area contributed by atoms with E-state index >= 15 is 0 Å². The summed E-state index contributed by atoms with van der Waals surface area (Å²) in [6.07, 6.45) is 0.515. The molecule has 0 spiro atoms. The predicted octanol–water partition coefficient (Wildman–Crippen LogP) is 3.03. The lowest BCUT2D eigenvalue weighted by Gasteiger charge is -2.17. The van der Waals surface area contributed by atoms with Crippen LogP contribution in [0.1, 0.15) is 18.9 Å². The highest BCUT2D eigenvalue weighted by Gasteiger charge is 2.20. The molecule has 0 aliphatic rings. The van der Waals surface area contributed by atoms with Gasteiger partial charge in [0.2, 0.25) is 0 Å². The van der Waals surface area contributed by atoms with Crippen molar-refractivity contribution in [3.05, 3.63) is 32.3 Å². The van der Waals surface area contributed by atoms with Gasteiger partial charge in [0.05, 0.1) is 17.7 Å². The molecule has 1 unspecified atom stereocenters. The topological polar surface area (TPSA) is 81.5 Å². The summed E-state index contributed by atoms with van der Waals surface area (Å²) < 4.78 is 5.33. The Bertz CT molecular complexity index is 505. The number of nitro benzene ring substituents is 1. The van der Waals surface area contributed by atoms with Crippen LogP contribution in [0, 0.1) is 17.0 Å². The zero-order chi connectivity index (χ0) is 14.6. The van der Waals surface area contributed by atoms with E-state index in [2.05, 4.69) is 26.0 Å². The van der Waals surface area contributed by atoms with Gasteiger partial charge in [0.1, 0.15) is 6.04 Å². The summed E-state index contributed by atoms with van der Waals surface area (Å²) in [7, 11) is 1.30. The first-order chi connectivity index (χ1) is 8.90. The minimum atomic E-state index is -0.538. The second-order valence-electron chi connectivity index (χ2n) is 4.00. The second kappa shape index (κ2) is 6.51. The number of hydrogen-bond donors (Lipinski definition) is 1. The molecule has 0 aliphatic carbocycles. The van der Waals surface area contributed by atoms with Crippen LogP contribution in [0.3, 0.4) is 0 Å². The molecule has 1 aromatic rings. The fourth-order valence-corrected chi connectivity index (χ4v) is 2.20. The molecule has 0 aromatic heterocycles. The van der Waals surface area contributed by atoms with Gasteiger partial charge in [-0.05, 0) is 35.3 Å². The summed E-state index contributed by atoms with van der Waals surface area (Å²) in [5, 5.41) is 13.8. The number of carbonyl (C=O) groups is 1. The van der Waals surface area contributed by atoms with E-state index in [0.717, 1.165) is 0 Å². The van der Waals surface area contributed by atoms with Gasteiger partial charge in [-0.2, -0.15) is 0 Å². The van der Waals surface area contributed by atoms with E-state index in [1.54, 1.807) is 13.0 Å². The summed E-state index contributed by atoms with van der Waals surface area (Å²) in [5.74, 6) is -0.405. The molecule has 7 heteroatoms.